The van der Waals surface area contributed by atoms with Crippen LogP contribution in [0.25, 0.3) is 0 Å². The molecule has 2 rings (SSSR count). The summed E-state index contributed by atoms with van der Waals surface area (Å²) in [7, 11) is -1.83. The molecule has 0 radical (unpaired) electrons. The van der Waals surface area contributed by atoms with Gasteiger partial charge in [0.05, 0.1) is 0 Å². The largest absolute Gasteiger partial charge is 0.417 e. The second kappa shape index (κ2) is 15.1. The van der Waals surface area contributed by atoms with Gasteiger partial charge in [0, 0.05) is 18.7 Å². The van der Waals surface area contributed by atoms with Gasteiger partial charge in [-0.25, -0.2) is 0 Å². The molecule has 1 amide bonds. The Balaban J connectivity index is 1.82. The highest BCUT2D eigenvalue weighted by Gasteiger charge is 2.35. The van der Waals surface area contributed by atoms with Crippen molar-refractivity contribution in [2.45, 2.75) is 84.4 Å². The van der Waals surface area contributed by atoms with Crippen molar-refractivity contribution in [3.05, 3.63) is 66.2 Å². The van der Waals surface area contributed by atoms with Gasteiger partial charge in [-0.15, -0.1) is 0 Å². The molecule has 0 aliphatic rings. The van der Waals surface area contributed by atoms with Crippen LogP contribution >= 0.6 is 0 Å². The fraction of sp³-hybridized carbons (Fsp3) is 0.552. The summed E-state index contributed by atoms with van der Waals surface area (Å²) in [4.78, 5) is 12.3. The summed E-state index contributed by atoms with van der Waals surface area (Å²) in [6.07, 6.45) is 6.03. The minimum Gasteiger partial charge on any atom is -0.417 e. The minimum atomic E-state index is -1.83. The summed E-state index contributed by atoms with van der Waals surface area (Å²) >= 11 is 0. The van der Waals surface area contributed by atoms with E-state index in [1.165, 1.54) is 30.1 Å². The number of para-hydroxylation sites is 1. The molecule has 0 saturated heterocycles. The van der Waals surface area contributed by atoms with Gasteiger partial charge in [-0.3, -0.25) is 4.79 Å². The topological polar surface area (TPSA) is 38.3 Å². The molecule has 0 aliphatic carbocycles. The quantitative estimate of drug-likeness (QED) is 0.200. The first kappa shape index (κ1) is 27.3. The minimum absolute atomic E-state index is 0.114. The Bertz CT molecular complexity index is 767. The molecule has 182 valence electrons. The van der Waals surface area contributed by atoms with Gasteiger partial charge in [-0.2, -0.15) is 0 Å². The van der Waals surface area contributed by atoms with E-state index in [1.54, 1.807) is 0 Å². The summed E-state index contributed by atoms with van der Waals surface area (Å²) < 4.78 is 6.83. The predicted octanol–water partition coefficient (Wildman–Crippen LogP) is 8.09. The van der Waals surface area contributed by atoms with E-state index in [0.717, 1.165) is 38.0 Å². The molecule has 1 N–H and O–H groups in total. The number of carbonyl (C=O) groups is 1. The van der Waals surface area contributed by atoms with Gasteiger partial charge >= 0.3 is 0 Å². The Kier molecular flexibility index (Phi) is 12.5. The molecule has 0 spiro atoms. The maximum absolute atomic E-state index is 12.3. The maximum atomic E-state index is 12.3. The lowest BCUT2D eigenvalue weighted by Gasteiger charge is -2.35. The van der Waals surface area contributed by atoms with Crippen molar-refractivity contribution in [2.24, 2.45) is 11.8 Å². The van der Waals surface area contributed by atoms with Crippen molar-refractivity contribution >= 4 is 19.9 Å². The van der Waals surface area contributed by atoms with Crippen LogP contribution in [0.5, 0.6) is 0 Å². The van der Waals surface area contributed by atoms with Crippen LogP contribution in [0.3, 0.4) is 0 Å². The van der Waals surface area contributed by atoms with Crippen LogP contribution in [-0.2, 0) is 15.6 Å². The number of hydrogen-bond donors (Lipinski definition) is 1. The standard InChI is InChI=1S/C29H45NO2Si/c1-25(2)23-33(24-26(3)4,32-21-13-11-17-27-15-7-5-8-16-27)22-14-12-20-29(31)30-28-18-9-6-10-19-28/h5-10,15-16,18-19,25-26H,11-14,17,20-24H2,1-4H3,(H,30,31). The molecule has 0 heterocycles. The lowest BCUT2D eigenvalue weighted by Crippen LogP contribution is -2.41. The molecule has 0 aliphatic heterocycles. The van der Waals surface area contributed by atoms with Crippen molar-refractivity contribution in [3.63, 3.8) is 0 Å². The summed E-state index contributed by atoms with van der Waals surface area (Å²) in [6.45, 7) is 10.2. The van der Waals surface area contributed by atoms with Gasteiger partial charge in [0.2, 0.25) is 5.91 Å². The fourth-order valence-electron chi connectivity index (χ4n) is 4.81. The Morgan fingerprint density at radius 1 is 0.818 bits per heavy atom. The number of unbranched alkanes of at least 4 members (excludes halogenated alkanes) is 2. The molecule has 4 heteroatoms. The average Bonchev–Trinajstić information content (AvgIpc) is 2.77. The smallest absolute Gasteiger partial charge is 0.224 e. The molecule has 33 heavy (non-hydrogen) atoms. The van der Waals surface area contributed by atoms with E-state index in [9.17, 15) is 4.79 Å². The van der Waals surface area contributed by atoms with Crippen LogP contribution < -0.4 is 5.32 Å². The molecule has 0 atom stereocenters. The number of carbonyl (C=O) groups excluding carboxylic acids is 1. The molecular formula is C29H45NO2Si. The summed E-state index contributed by atoms with van der Waals surface area (Å²) in [6, 6.07) is 24.1. The summed E-state index contributed by atoms with van der Waals surface area (Å²) in [5.74, 6) is 1.42. The van der Waals surface area contributed by atoms with Gasteiger partial charge < -0.3 is 9.74 Å². The molecular weight excluding hydrogens is 422 g/mol. The molecule has 2 aromatic carbocycles. The summed E-state index contributed by atoms with van der Waals surface area (Å²) in [5.41, 5.74) is 2.30. The fourth-order valence-corrected chi connectivity index (χ4v) is 10.2. The van der Waals surface area contributed by atoms with Gasteiger partial charge in [-0.1, -0.05) is 82.6 Å². The Morgan fingerprint density at radius 2 is 1.42 bits per heavy atom. The molecule has 0 saturated carbocycles. The zero-order chi connectivity index (χ0) is 23.9. The number of amides is 1. The van der Waals surface area contributed by atoms with Crippen LogP contribution in [0.1, 0.15) is 65.4 Å². The summed E-state index contributed by atoms with van der Waals surface area (Å²) in [5, 5.41) is 3.01. The Morgan fingerprint density at radius 3 is 2.03 bits per heavy atom. The zero-order valence-electron chi connectivity index (χ0n) is 21.3. The number of benzene rings is 2. The number of hydrogen-bond acceptors (Lipinski definition) is 2. The van der Waals surface area contributed by atoms with E-state index in [1.807, 2.05) is 30.3 Å². The van der Waals surface area contributed by atoms with Gasteiger partial charge in [-0.05, 0) is 73.3 Å². The number of anilines is 1. The van der Waals surface area contributed by atoms with Crippen LogP contribution in [0.15, 0.2) is 60.7 Å². The van der Waals surface area contributed by atoms with Gasteiger partial charge in [0.1, 0.15) is 0 Å². The van der Waals surface area contributed by atoms with E-state index in [0.29, 0.717) is 18.3 Å². The van der Waals surface area contributed by atoms with E-state index in [2.05, 4.69) is 63.3 Å². The number of nitrogens with one attached hydrogen (secondary N) is 1. The third kappa shape index (κ3) is 11.7. The monoisotopic (exact) mass is 467 g/mol. The first-order valence-electron chi connectivity index (χ1n) is 12.9. The number of aryl methyl sites for hydroxylation is 1. The van der Waals surface area contributed by atoms with E-state index < -0.39 is 8.32 Å². The van der Waals surface area contributed by atoms with E-state index in [4.69, 9.17) is 4.43 Å². The van der Waals surface area contributed by atoms with Gasteiger partial charge in [0.25, 0.3) is 0 Å². The SMILES string of the molecule is CC(C)C[Si](CCCCC(=O)Nc1ccccc1)(CC(C)C)OCCCCc1ccccc1. The molecule has 0 aromatic heterocycles. The van der Waals surface area contributed by atoms with E-state index in [-0.39, 0.29) is 5.91 Å². The average molecular weight is 468 g/mol. The van der Waals surface area contributed by atoms with Crippen LogP contribution in [0.4, 0.5) is 5.69 Å². The van der Waals surface area contributed by atoms with Crippen molar-refractivity contribution < 1.29 is 9.22 Å². The highest BCUT2D eigenvalue weighted by atomic mass is 28.4. The van der Waals surface area contributed by atoms with Crippen LogP contribution in [0, 0.1) is 11.8 Å². The van der Waals surface area contributed by atoms with E-state index >= 15 is 0 Å². The van der Waals surface area contributed by atoms with Crippen LogP contribution in [-0.4, -0.2) is 20.8 Å². The lowest BCUT2D eigenvalue weighted by atomic mass is 10.1. The van der Waals surface area contributed by atoms with Crippen molar-refractivity contribution in [1.82, 2.24) is 0 Å². The Labute approximate surface area is 203 Å². The van der Waals surface area contributed by atoms with Crippen molar-refractivity contribution in [2.75, 3.05) is 11.9 Å². The first-order chi connectivity index (χ1) is 15.9. The molecule has 0 unspecified atom stereocenters. The third-order valence-electron chi connectivity index (χ3n) is 6.02. The third-order valence-corrected chi connectivity index (χ3v) is 11.2. The normalized spacial score (nSPS) is 11.8. The molecule has 3 nitrogen and oxygen atoms in total. The highest BCUT2D eigenvalue weighted by molar-refractivity contribution is 6.73. The maximum Gasteiger partial charge on any atom is 0.224 e. The molecule has 0 bridgehead atoms. The predicted molar refractivity (Wildman–Crippen MR) is 144 cm³/mol. The van der Waals surface area contributed by atoms with Crippen molar-refractivity contribution in [3.8, 4) is 0 Å². The first-order valence-corrected chi connectivity index (χ1v) is 15.4. The number of rotatable bonds is 16. The lowest BCUT2D eigenvalue weighted by molar-refractivity contribution is -0.116. The zero-order valence-corrected chi connectivity index (χ0v) is 22.3. The van der Waals surface area contributed by atoms with Crippen molar-refractivity contribution in [1.29, 1.82) is 0 Å². The van der Waals surface area contributed by atoms with Crippen LogP contribution in [0.2, 0.25) is 18.1 Å². The molecule has 2 aromatic rings. The highest BCUT2D eigenvalue weighted by Crippen LogP contribution is 2.32. The second-order valence-electron chi connectivity index (χ2n) is 10.3. The second-order valence-corrected chi connectivity index (χ2v) is 14.3. The molecule has 0 fully saturated rings. The van der Waals surface area contributed by atoms with Gasteiger partial charge in [0.15, 0.2) is 8.32 Å². The Hall–Kier alpha value is -1.91.